The third kappa shape index (κ3) is 4.48. The topological polar surface area (TPSA) is 40.3 Å². The number of fused-ring (bicyclic) bond motifs is 3. The number of hydrogen-bond acceptors (Lipinski definition) is 3. The Bertz CT molecular complexity index is 1090. The summed E-state index contributed by atoms with van der Waals surface area (Å²) in [6.07, 6.45) is 6.55. The van der Waals surface area contributed by atoms with Crippen molar-refractivity contribution >= 4 is 10.9 Å². The predicted octanol–water partition coefficient (Wildman–Crippen LogP) is 5.95. The lowest BCUT2D eigenvalue weighted by atomic mass is 9.76. The molecule has 0 amide bonds. The number of alkyl halides is 1. The molecule has 2 N–H and O–H groups in total. The highest BCUT2D eigenvalue weighted by molar-refractivity contribution is 5.85. The van der Waals surface area contributed by atoms with Crippen LogP contribution in [-0.2, 0) is 12.0 Å². The minimum atomic E-state index is -0.242. The van der Waals surface area contributed by atoms with Gasteiger partial charge in [0, 0.05) is 42.3 Å². The first-order valence-electron chi connectivity index (χ1n) is 13.1. The van der Waals surface area contributed by atoms with Gasteiger partial charge in [-0.25, -0.2) is 0 Å². The van der Waals surface area contributed by atoms with Crippen LogP contribution in [0.25, 0.3) is 10.9 Å². The van der Waals surface area contributed by atoms with Gasteiger partial charge in [-0.3, -0.25) is 14.6 Å². The number of nitrogens with one attached hydrogen (secondary N) is 2. The smallest absolute Gasteiger partial charge is 0.124 e. The molecule has 0 saturated carbocycles. The standard InChI is InChI=1S/C29H38FN3O/c1-3-4-7-15-29(28-26(18-21(2)32-29)25-9-5-6-10-27(25)31-28)22-11-13-23(14-12-22)34-24-19-33(20-24)17-8-16-30/h5-6,9-14,21,24,31-32H,3-4,7-8,15-20H2,1-2H3. The number of para-hydroxylation sites is 1. The third-order valence-electron chi connectivity index (χ3n) is 7.58. The zero-order valence-corrected chi connectivity index (χ0v) is 20.6. The molecule has 34 heavy (non-hydrogen) atoms. The Morgan fingerprint density at radius 3 is 2.62 bits per heavy atom. The molecule has 2 aliphatic heterocycles. The predicted molar refractivity (Wildman–Crippen MR) is 137 cm³/mol. The molecule has 2 aliphatic rings. The number of aromatic amines is 1. The van der Waals surface area contributed by atoms with Crippen molar-refractivity contribution in [1.82, 2.24) is 15.2 Å². The van der Waals surface area contributed by atoms with Crippen LogP contribution in [0.15, 0.2) is 48.5 Å². The normalized spacial score (nSPS) is 23.1. The lowest BCUT2D eigenvalue weighted by molar-refractivity contribution is 0.0184. The molecule has 1 aromatic heterocycles. The molecule has 3 heterocycles. The van der Waals surface area contributed by atoms with Crippen LogP contribution in [0, 0.1) is 0 Å². The second-order valence-electron chi connectivity index (χ2n) is 10.2. The molecule has 0 radical (unpaired) electrons. The summed E-state index contributed by atoms with van der Waals surface area (Å²) in [5.41, 5.74) is 5.10. The van der Waals surface area contributed by atoms with Gasteiger partial charge >= 0.3 is 0 Å². The number of nitrogens with zero attached hydrogens (tertiary/aromatic N) is 1. The van der Waals surface area contributed by atoms with Gasteiger partial charge in [0.05, 0.1) is 12.2 Å². The highest BCUT2D eigenvalue weighted by atomic mass is 19.1. The molecular weight excluding hydrogens is 425 g/mol. The minimum absolute atomic E-state index is 0.206. The van der Waals surface area contributed by atoms with Crippen LogP contribution >= 0.6 is 0 Å². The molecular formula is C29H38FN3O. The number of halogens is 1. The van der Waals surface area contributed by atoms with Gasteiger partial charge in [-0.15, -0.1) is 0 Å². The van der Waals surface area contributed by atoms with E-state index in [9.17, 15) is 4.39 Å². The van der Waals surface area contributed by atoms with Gasteiger partial charge in [0.25, 0.3) is 0 Å². The number of likely N-dealkylation sites (tertiary alicyclic amines) is 1. The van der Waals surface area contributed by atoms with Gasteiger partial charge in [-0.05, 0) is 55.5 Å². The van der Waals surface area contributed by atoms with Crippen LogP contribution in [0.5, 0.6) is 5.75 Å². The molecule has 5 heteroatoms. The average Bonchev–Trinajstić information content (AvgIpc) is 3.20. The summed E-state index contributed by atoms with van der Waals surface area (Å²) >= 11 is 0. The zero-order valence-electron chi connectivity index (χ0n) is 20.6. The van der Waals surface area contributed by atoms with Crippen LogP contribution in [0.1, 0.15) is 62.8 Å². The Labute approximate surface area is 202 Å². The molecule has 0 aliphatic carbocycles. The summed E-state index contributed by atoms with van der Waals surface area (Å²) < 4.78 is 18.6. The maximum absolute atomic E-state index is 12.4. The lowest BCUT2D eigenvalue weighted by Gasteiger charge is -2.42. The van der Waals surface area contributed by atoms with Crippen molar-refractivity contribution in [2.45, 2.75) is 70.1 Å². The van der Waals surface area contributed by atoms with Crippen molar-refractivity contribution in [2.24, 2.45) is 0 Å². The van der Waals surface area contributed by atoms with Crippen molar-refractivity contribution in [3.05, 3.63) is 65.4 Å². The molecule has 4 nitrogen and oxygen atoms in total. The van der Waals surface area contributed by atoms with Gasteiger partial charge in [-0.1, -0.05) is 56.5 Å². The fourth-order valence-electron chi connectivity index (χ4n) is 5.91. The van der Waals surface area contributed by atoms with Gasteiger partial charge in [-0.2, -0.15) is 0 Å². The van der Waals surface area contributed by atoms with Crippen molar-refractivity contribution in [1.29, 1.82) is 0 Å². The monoisotopic (exact) mass is 463 g/mol. The summed E-state index contributed by atoms with van der Waals surface area (Å²) in [5.74, 6) is 0.920. The van der Waals surface area contributed by atoms with Crippen LogP contribution in [0.3, 0.4) is 0 Å². The minimum Gasteiger partial charge on any atom is -0.488 e. The second kappa shape index (κ2) is 10.1. The molecule has 1 fully saturated rings. The molecule has 2 aromatic carbocycles. The molecule has 3 aromatic rings. The van der Waals surface area contributed by atoms with Gasteiger partial charge in [0.15, 0.2) is 0 Å². The van der Waals surface area contributed by atoms with Gasteiger partial charge < -0.3 is 9.72 Å². The van der Waals surface area contributed by atoms with E-state index in [0.29, 0.717) is 12.5 Å². The van der Waals surface area contributed by atoms with Crippen LogP contribution in [0.4, 0.5) is 4.39 Å². The maximum atomic E-state index is 12.4. The van der Waals surface area contributed by atoms with E-state index in [1.54, 1.807) is 0 Å². The Morgan fingerprint density at radius 1 is 1.06 bits per heavy atom. The first kappa shape index (κ1) is 23.4. The van der Waals surface area contributed by atoms with Crippen LogP contribution in [0.2, 0.25) is 0 Å². The highest BCUT2D eigenvalue weighted by Gasteiger charge is 2.42. The largest absolute Gasteiger partial charge is 0.488 e. The Morgan fingerprint density at radius 2 is 1.85 bits per heavy atom. The summed E-state index contributed by atoms with van der Waals surface area (Å²) in [6, 6.07) is 17.9. The van der Waals surface area contributed by atoms with E-state index in [-0.39, 0.29) is 18.3 Å². The summed E-state index contributed by atoms with van der Waals surface area (Å²) in [6.45, 7) is 6.94. The Hall–Kier alpha value is -2.37. The molecule has 0 bridgehead atoms. The van der Waals surface area contributed by atoms with E-state index in [0.717, 1.165) is 38.2 Å². The summed E-state index contributed by atoms with van der Waals surface area (Å²) in [7, 11) is 0. The van der Waals surface area contributed by atoms with E-state index in [1.807, 2.05) is 0 Å². The second-order valence-corrected chi connectivity index (χ2v) is 10.2. The number of H-pyrrole nitrogens is 1. The number of hydrogen-bond donors (Lipinski definition) is 2. The van der Waals surface area contributed by atoms with Crippen LogP contribution in [-0.4, -0.2) is 48.3 Å². The molecule has 2 atom stereocenters. The van der Waals surface area contributed by atoms with Crippen molar-refractivity contribution < 1.29 is 9.13 Å². The number of benzene rings is 2. The summed E-state index contributed by atoms with van der Waals surface area (Å²) in [4.78, 5) is 6.07. The third-order valence-corrected chi connectivity index (χ3v) is 7.58. The first-order valence-corrected chi connectivity index (χ1v) is 13.1. The SMILES string of the molecule is CCCCCC1(c2ccc(OC3CN(CCCF)C3)cc2)NC(C)Cc2c1[nH]c1ccccc21. The quantitative estimate of drug-likeness (QED) is 0.365. The number of aromatic nitrogens is 1. The summed E-state index contributed by atoms with van der Waals surface area (Å²) in [5, 5.41) is 5.38. The number of ether oxygens (including phenoxy) is 1. The number of unbranched alkanes of at least 4 members (excludes halogenated alkanes) is 2. The fraction of sp³-hybridized carbons (Fsp3) is 0.517. The van der Waals surface area contributed by atoms with E-state index < -0.39 is 0 Å². The maximum Gasteiger partial charge on any atom is 0.124 e. The van der Waals surface area contributed by atoms with Gasteiger partial charge in [0.2, 0.25) is 0 Å². The average molecular weight is 464 g/mol. The number of rotatable bonds is 10. The van der Waals surface area contributed by atoms with Crippen LogP contribution < -0.4 is 10.1 Å². The Kier molecular flexibility index (Phi) is 6.94. The molecule has 2 unspecified atom stereocenters. The highest BCUT2D eigenvalue weighted by Crippen LogP contribution is 2.43. The lowest BCUT2D eigenvalue weighted by Crippen LogP contribution is -2.54. The van der Waals surface area contributed by atoms with Gasteiger partial charge in [0.1, 0.15) is 11.9 Å². The Balaban J connectivity index is 1.42. The van der Waals surface area contributed by atoms with E-state index in [4.69, 9.17) is 4.74 Å². The fourth-order valence-corrected chi connectivity index (χ4v) is 5.91. The van der Waals surface area contributed by atoms with Crippen molar-refractivity contribution in [3.63, 3.8) is 0 Å². The zero-order chi connectivity index (χ0) is 23.5. The van der Waals surface area contributed by atoms with E-state index >= 15 is 0 Å². The van der Waals surface area contributed by atoms with E-state index in [2.05, 4.69) is 77.6 Å². The molecule has 0 spiro atoms. The first-order chi connectivity index (χ1) is 16.6. The molecule has 1 saturated heterocycles. The molecule has 182 valence electrons. The van der Waals surface area contributed by atoms with Crippen molar-refractivity contribution in [3.8, 4) is 5.75 Å². The van der Waals surface area contributed by atoms with E-state index in [1.165, 1.54) is 47.0 Å². The van der Waals surface area contributed by atoms with Crippen molar-refractivity contribution in [2.75, 3.05) is 26.3 Å². The molecule has 5 rings (SSSR count).